The Kier molecular flexibility index (Phi) is 11.3. The van der Waals surface area contributed by atoms with E-state index in [0.717, 1.165) is 12.8 Å². The Labute approximate surface area is 145 Å². The molecule has 0 aromatic carbocycles. The van der Waals surface area contributed by atoms with E-state index in [1.54, 1.807) is 0 Å². The van der Waals surface area contributed by atoms with E-state index in [1.165, 1.54) is 64.2 Å². The molecule has 0 radical (unpaired) electrons. The minimum Gasteiger partial charge on any atom is -0.459 e. The van der Waals surface area contributed by atoms with Crippen molar-refractivity contribution in [1.29, 1.82) is 0 Å². The summed E-state index contributed by atoms with van der Waals surface area (Å²) in [6.07, 6.45) is 14.4. The van der Waals surface area contributed by atoms with Crippen molar-refractivity contribution in [3.05, 3.63) is 10.4 Å². The van der Waals surface area contributed by atoms with Gasteiger partial charge in [0, 0.05) is 4.91 Å². The number of carbonyl (C=O) groups is 1. The zero-order valence-corrected chi connectivity index (χ0v) is 15.0. The van der Waals surface area contributed by atoms with Crippen LogP contribution in [0.1, 0.15) is 90.4 Å². The molecule has 138 valence electrons. The van der Waals surface area contributed by atoms with E-state index in [2.05, 4.69) is 16.9 Å². The summed E-state index contributed by atoms with van der Waals surface area (Å²) in [7, 11) is 0. The van der Waals surface area contributed by atoms with Crippen molar-refractivity contribution in [2.24, 2.45) is 5.11 Å². The molecule has 0 unspecified atom stereocenters. The van der Waals surface area contributed by atoms with Crippen LogP contribution in [0, 0.1) is 0 Å². The molecule has 0 aliphatic carbocycles. The molecule has 0 spiro atoms. The Morgan fingerprint density at radius 2 is 1.50 bits per heavy atom. The maximum absolute atomic E-state index is 11.5. The lowest BCUT2D eigenvalue weighted by Gasteiger charge is -2.13. The molecule has 3 atom stereocenters. The number of ether oxygens (including phenoxy) is 1. The van der Waals surface area contributed by atoms with Gasteiger partial charge in [-0.1, -0.05) is 82.7 Å². The van der Waals surface area contributed by atoms with Gasteiger partial charge >= 0.3 is 5.97 Å². The number of hydrogen-bond donors (Lipinski definition) is 1. The molecular formula is C18H33N3O3. The summed E-state index contributed by atoms with van der Waals surface area (Å²) in [5, 5.41) is 13.2. The quantitative estimate of drug-likeness (QED) is 0.158. The molecule has 0 aromatic rings. The van der Waals surface area contributed by atoms with E-state index in [-0.39, 0.29) is 0 Å². The fourth-order valence-electron chi connectivity index (χ4n) is 3.22. The first-order valence-corrected chi connectivity index (χ1v) is 9.63. The van der Waals surface area contributed by atoms with Crippen LogP contribution < -0.4 is 0 Å². The third-order valence-electron chi connectivity index (χ3n) is 4.73. The number of azide groups is 1. The van der Waals surface area contributed by atoms with E-state index in [0.29, 0.717) is 6.42 Å². The number of unbranched alkanes of at least 4 members (excludes halogenated alkanes) is 11. The van der Waals surface area contributed by atoms with Crippen LogP contribution in [0.3, 0.4) is 0 Å². The molecular weight excluding hydrogens is 306 g/mol. The van der Waals surface area contributed by atoms with Crippen molar-refractivity contribution in [3.8, 4) is 0 Å². The number of cyclic esters (lactones) is 1. The largest absolute Gasteiger partial charge is 0.459 e. The fourth-order valence-corrected chi connectivity index (χ4v) is 3.22. The maximum Gasteiger partial charge on any atom is 0.318 e. The van der Waals surface area contributed by atoms with Crippen molar-refractivity contribution in [3.63, 3.8) is 0 Å². The Morgan fingerprint density at radius 3 is 2.00 bits per heavy atom. The first kappa shape index (κ1) is 20.8. The van der Waals surface area contributed by atoms with Crippen molar-refractivity contribution < 1.29 is 14.6 Å². The highest BCUT2D eigenvalue weighted by atomic mass is 16.6. The second-order valence-corrected chi connectivity index (χ2v) is 6.79. The Balaban J connectivity index is 1.94. The molecule has 0 saturated carbocycles. The zero-order valence-electron chi connectivity index (χ0n) is 15.0. The van der Waals surface area contributed by atoms with Gasteiger partial charge in [0.1, 0.15) is 12.2 Å². The molecule has 0 amide bonds. The number of aliphatic hydroxyl groups is 1. The normalized spacial score (nSPS) is 23.1. The zero-order chi connectivity index (χ0) is 17.6. The van der Waals surface area contributed by atoms with Gasteiger partial charge in [-0.05, 0) is 18.4 Å². The second-order valence-electron chi connectivity index (χ2n) is 6.79. The molecule has 6 heteroatoms. The predicted molar refractivity (Wildman–Crippen MR) is 94.5 cm³/mol. The third kappa shape index (κ3) is 8.02. The highest BCUT2D eigenvalue weighted by Crippen LogP contribution is 2.23. The number of hydrogen-bond acceptors (Lipinski definition) is 4. The first-order chi connectivity index (χ1) is 11.7. The summed E-state index contributed by atoms with van der Waals surface area (Å²) in [4.78, 5) is 14.0. The molecule has 0 bridgehead atoms. The van der Waals surface area contributed by atoms with Crippen LogP contribution in [0.15, 0.2) is 5.11 Å². The van der Waals surface area contributed by atoms with Crippen LogP contribution in [0.2, 0.25) is 0 Å². The van der Waals surface area contributed by atoms with Gasteiger partial charge in [-0.15, -0.1) is 0 Å². The summed E-state index contributed by atoms with van der Waals surface area (Å²) in [5.74, 6) is -0.607. The summed E-state index contributed by atoms with van der Waals surface area (Å²) in [5.41, 5.74) is 8.38. The lowest BCUT2D eigenvalue weighted by atomic mass is 10.0. The maximum atomic E-state index is 11.5. The first-order valence-electron chi connectivity index (χ1n) is 9.63. The van der Waals surface area contributed by atoms with Crippen LogP contribution in [0.25, 0.3) is 10.4 Å². The Hall–Kier alpha value is -1.26. The van der Waals surface area contributed by atoms with Gasteiger partial charge < -0.3 is 9.84 Å². The summed E-state index contributed by atoms with van der Waals surface area (Å²) < 4.78 is 5.08. The molecule has 1 heterocycles. The van der Waals surface area contributed by atoms with E-state index in [4.69, 9.17) is 10.3 Å². The highest BCUT2D eigenvalue weighted by Gasteiger charge is 2.42. The van der Waals surface area contributed by atoms with E-state index >= 15 is 0 Å². The Bertz CT molecular complexity index is 397. The van der Waals surface area contributed by atoms with Crippen LogP contribution >= 0.6 is 0 Å². The molecule has 1 N–H and O–H groups in total. The SMILES string of the molecule is CCCCCCCCCCCCCC[C@@H]1OC(=O)[C@H](N=[N+]=[N-])[C@@H]1O. The van der Waals surface area contributed by atoms with Crippen molar-refractivity contribution >= 4 is 5.97 Å². The fraction of sp³-hybridized carbons (Fsp3) is 0.944. The van der Waals surface area contributed by atoms with Crippen LogP contribution in [0.4, 0.5) is 0 Å². The molecule has 24 heavy (non-hydrogen) atoms. The number of carbonyl (C=O) groups excluding carboxylic acids is 1. The average molecular weight is 339 g/mol. The van der Waals surface area contributed by atoms with Gasteiger partial charge in [0.25, 0.3) is 0 Å². The number of nitrogens with zero attached hydrogens (tertiary/aromatic N) is 3. The minimum atomic E-state index is -1.07. The number of aliphatic hydroxyl groups excluding tert-OH is 1. The third-order valence-corrected chi connectivity index (χ3v) is 4.73. The average Bonchev–Trinajstić information content (AvgIpc) is 2.84. The molecule has 0 aromatic heterocycles. The van der Waals surface area contributed by atoms with Gasteiger partial charge in [0.2, 0.25) is 0 Å². The molecule has 1 aliphatic rings. The van der Waals surface area contributed by atoms with Gasteiger partial charge in [0.15, 0.2) is 6.04 Å². The standard InChI is InChI=1S/C18H33N3O3/c1-2-3-4-5-6-7-8-9-10-11-12-13-14-15-17(22)16(20-21-19)18(23)24-15/h15-17,22H,2-14H2,1H3/t15-,16+,17+/m0/s1. The van der Waals surface area contributed by atoms with Crippen molar-refractivity contribution in [2.45, 2.75) is 109 Å². The highest BCUT2D eigenvalue weighted by molar-refractivity contribution is 5.79. The van der Waals surface area contributed by atoms with Gasteiger partial charge in [0.05, 0.1) is 0 Å². The smallest absolute Gasteiger partial charge is 0.318 e. The van der Waals surface area contributed by atoms with Crippen LogP contribution in [0.5, 0.6) is 0 Å². The Morgan fingerprint density at radius 1 is 1.00 bits per heavy atom. The number of esters is 1. The molecule has 1 aliphatic heterocycles. The number of rotatable bonds is 14. The minimum absolute atomic E-state index is 0.517. The van der Waals surface area contributed by atoms with Crippen molar-refractivity contribution in [1.82, 2.24) is 0 Å². The van der Waals surface area contributed by atoms with Crippen LogP contribution in [-0.2, 0) is 9.53 Å². The second kappa shape index (κ2) is 13.1. The topological polar surface area (TPSA) is 95.3 Å². The summed E-state index contributed by atoms with van der Waals surface area (Å²) >= 11 is 0. The van der Waals surface area contributed by atoms with E-state index in [9.17, 15) is 9.90 Å². The predicted octanol–water partition coefficient (Wildman–Crippen LogP) is 5.04. The van der Waals surface area contributed by atoms with Crippen molar-refractivity contribution in [2.75, 3.05) is 0 Å². The van der Waals surface area contributed by atoms with Gasteiger partial charge in [-0.2, -0.15) is 0 Å². The lowest BCUT2D eigenvalue weighted by molar-refractivity contribution is -0.142. The lowest BCUT2D eigenvalue weighted by Crippen LogP contribution is -2.29. The summed E-state index contributed by atoms with van der Waals surface area (Å²) in [6, 6.07) is -1.07. The van der Waals surface area contributed by atoms with Gasteiger partial charge in [-0.25, -0.2) is 0 Å². The van der Waals surface area contributed by atoms with E-state index < -0.39 is 24.2 Å². The molecule has 1 fully saturated rings. The summed E-state index contributed by atoms with van der Waals surface area (Å²) in [6.45, 7) is 2.25. The molecule has 1 rings (SSSR count). The molecule has 1 saturated heterocycles. The monoisotopic (exact) mass is 339 g/mol. The van der Waals surface area contributed by atoms with Crippen LogP contribution in [-0.4, -0.2) is 29.3 Å². The van der Waals surface area contributed by atoms with E-state index in [1.807, 2.05) is 0 Å². The molecule has 6 nitrogen and oxygen atoms in total. The van der Waals surface area contributed by atoms with Gasteiger partial charge in [-0.3, -0.25) is 4.79 Å².